The first-order chi connectivity index (χ1) is 10.2. The van der Waals surface area contributed by atoms with E-state index < -0.39 is 5.97 Å². The summed E-state index contributed by atoms with van der Waals surface area (Å²) in [7, 11) is 0. The van der Waals surface area contributed by atoms with E-state index in [9.17, 15) is 4.79 Å². The molecule has 0 unspecified atom stereocenters. The second-order valence-electron chi connectivity index (χ2n) is 7.73. The van der Waals surface area contributed by atoms with E-state index in [0.717, 1.165) is 32.5 Å². The number of likely N-dealkylation sites (tertiary alicyclic amines) is 1. The van der Waals surface area contributed by atoms with Crippen molar-refractivity contribution in [2.75, 3.05) is 13.1 Å². The zero-order valence-electron chi connectivity index (χ0n) is 15.0. The third-order valence-electron chi connectivity index (χ3n) is 4.88. The lowest BCUT2D eigenvalue weighted by molar-refractivity contribution is -0.143. The number of nitrogens with zero attached hydrogens (tertiary/aromatic N) is 1. The van der Waals surface area contributed by atoms with Crippen LogP contribution in [0, 0.1) is 19.8 Å². The van der Waals surface area contributed by atoms with Gasteiger partial charge in [0.05, 0.1) is 5.92 Å². The van der Waals surface area contributed by atoms with Crippen LogP contribution in [-0.2, 0) is 16.8 Å². The van der Waals surface area contributed by atoms with E-state index in [2.05, 4.69) is 51.7 Å². The standard InChI is InChI=1S/C19H29NO2.ClH/c1-13-10-16(19(3,4)5)11-14(2)17(13)12-20-8-6-15(7-9-20)18(21)22;/h10-11,15H,6-9,12H2,1-5H3,(H,21,22);1H. The van der Waals surface area contributed by atoms with Crippen LogP contribution in [0.4, 0.5) is 0 Å². The number of carboxylic acids is 1. The Morgan fingerprint density at radius 3 is 2.04 bits per heavy atom. The molecule has 0 saturated carbocycles. The van der Waals surface area contributed by atoms with Crippen LogP contribution in [0.1, 0.15) is 55.9 Å². The normalized spacial score (nSPS) is 16.9. The Morgan fingerprint density at radius 1 is 1.17 bits per heavy atom. The fraction of sp³-hybridized carbons (Fsp3) is 0.632. The molecule has 4 heteroatoms. The number of carboxylic acid groups (broad SMARTS) is 1. The molecular formula is C19H30ClNO2. The molecule has 1 saturated heterocycles. The summed E-state index contributed by atoms with van der Waals surface area (Å²) in [6, 6.07) is 4.62. The monoisotopic (exact) mass is 339 g/mol. The molecule has 1 fully saturated rings. The van der Waals surface area contributed by atoms with Gasteiger partial charge in [-0.2, -0.15) is 0 Å². The molecule has 0 aliphatic carbocycles. The lowest BCUT2D eigenvalue weighted by atomic mass is 9.83. The Bertz CT molecular complexity index is 532. The number of piperidine rings is 1. The average molecular weight is 340 g/mol. The van der Waals surface area contributed by atoms with Crippen LogP contribution in [0.25, 0.3) is 0 Å². The molecule has 1 aromatic rings. The molecule has 0 radical (unpaired) electrons. The van der Waals surface area contributed by atoms with E-state index in [4.69, 9.17) is 5.11 Å². The van der Waals surface area contributed by atoms with Crippen LogP contribution in [0.3, 0.4) is 0 Å². The minimum Gasteiger partial charge on any atom is -0.481 e. The lowest BCUT2D eigenvalue weighted by Gasteiger charge is -2.31. The maximum Gasteiger partial charge on any atom is 0.306 e. The van der Waals surface area contributed by atoms with Crippen LogP contribution in [0.15, 0.2) is 12.1 Å². The first-order valence-electron chi connectivity index (χ1n) is 8.24. The molecule has 1 heterocycles. The maximum atomic E-state index is 11.0. The topological polar surface area (TPSA) is 40.5 Å². The third-order valence-corrected chi connectivity index (χ3v) is 4.88. The summed E-state index contributed by atoms with van der Waals surface area (Å²) in [5.74, 6) is -0.789. The summed E-state index contributed by atoms with van der Waals surface area (Å²) in [6.45, 7) is 13.8. The minimum absolute atomic E-state index is 0. The van der Waals surface area contributed by atoms with Crippen LogP contribution in [0.2, 0.25) is 0 Å². The summed E-state index contributed by atoms with van der Waals surface area (Å²) in [4.78, 5) is 13.4. The molecule has 23 heavy (non-hydrogen) atoms. The van der Waals surface area contributed by atoms with E-state index >= 15 is 0 Å². The minimum atomic E-state index is -0.637. The molecular weight excluding hydrogens is 310 g/mol. The van der Waals surface area contributed by atoms with Crippen LogP contribution >= 0.6 is 12.4 Å². The van der Waals surface area contributed by atoms with Crippen LogP contribution < -0.4 is 0 Å². The molecule has 3 nitrogen and oxygen atoms in total. The SMILES string of the molecule is Cc1cc(C(C)(C)C)cc(C)c1CN1CCC(C(=O)O)CC1.Cl. The molecule has 1 N–H and O–H groups in total. The van der Waals surface area contributed by atoms with Crippen LogP contribution in [-0.4, -0.2) is 29.1 Å². The van der Waals surface area contributed by atoms with Crippen molar-refractivity contribution in [1.82, 2.24) is 4.90 Å². The van der Waals surface area contributed by atoms with Gasteiger partial charge >= 0.3 is 5.97 Å². The Kier molecular flexibility index (Phi) is 6.67. The Labute approximate surface area is 146 Å². The molecule has 0 amide bonds. The number of benzene rings is 1. The molecule has 0 bridgehead atoms. The summed E-state index contributed by atoms with van der Waals surface area (Å²) in [5, 5.41) is 9.09. The predicted octanol–water partition coefficient (Wildman–Crippen LogP) is 4.32. The van der Waals surface area contributed by atoms with Crippen LogP contribution in [0.5, 0.6) is 0 Å². The summed E-state index contributed by atoms with van der Waals surface area (Å²) in [6.07, 6.45) is 1.54. The van der Waals surface area contributed by atoms with E-state index in [1.54, 1.807) is 0 Å². The molecule has 1 aliphatic rings. The van der Waals surface area contributed by atoms with Crippen molar-refractivity contribution in [3.63, 3.8) is 0 Å². The van der Waals surface area contributed by atoms with Gasteiger partial charge in [-0.1, -0.05) is 32.9 Å². The first kappa shape index (κ1) is 20.0. The third kappa shape index (κ3) is 4.95. The van der Waals surface area contributed by atoms with E-state index in [0.29, 0.717) is 0 Å². The highest BCUT2D eigenvalue weighted by atomic mass is 35.5. The van der Waals surface area contributed by atoms with Crippen molar-refractivity contribution in [2.24, 2.45) is 5.92 Å². The quantitative estimate of drug-likeness (QED) is 0.891. The number of carbonyl (C=O) groups is 1. The van der Waals surface area contributed by atoms with Gasteiger partial charge in [0, 0.05) is 6.54 Å². The number of halogens is 1. The number of rotatable bonds is 3. The van der Waals surface area contributed by atoms with Gasteiger partial charge in [-0.15, -0.1) is 12.4 Å². The zero-order valence-corrected chi connectivity index (χ0v) is 15.8. The van der Waals surface area contributed by atoms with E-state index in [-0.39, 0.29) is 23.7 Å². The van der Waals surface area contributed by atoms with Gasteiger partial charge in [0.1, 0.15) is 0 Å². The largest absolute Gasteiger partial charge is 0.481 e. The van der Waals surface area contributed by atoms with Gasteiger partial charge in [-0.3, -0.25) is 9.69 Å². The molecule has 130 valence electrons. The van der Waals surface area contributed by atoms with Gasteiger partial charge < -0.3 is 5.11 Å². The molecule has 2 rings (SSSR count). The fourth-order valence-electron chi connectivity index (χ4n) is 3.24. The molecule has 0 atom stereocenters. The average Bonchev–Trinajstić information content (AvgIpc) is 2.42. The summed E-state index contributed by atoms with van der Waals surface area (Å²) < 4.78 is 0. The van der Waals surface area contributed by atoms with Gasteiger partial charge in [0.2, 0.25) is 0 Å². The number of hydrogen-bond acceptors (Lipinski definition) is 2. The van der Waals surface area contributed by atoms with Crippen molar-refractivity contribution < 1.29 is 9.90 Å². The van der Waals surface area contributed by atoms with Crippen molar-refractivity contribution in [1.29, 1.82) is 0 Å². The van der Waals surface area contributed by atoms with Gasteiger partial charge in [-0.05, 0) is 67.4 Å². The summed E-state index contributed by atoms with van der Waals surface area (Å²) >= 11 is 0. The van der Waals surface area contributed by atoms with E-state index in [1.807, 2.05) is 0 Å². The Morgan fingerprint density at radius 2 is 1.65 bits per heavy atom. The fourth-order valence-corrected chi connectivity index (χ4v) is 3.24. The van der Waals surface area contributed by atoms with Crippen molar-refractivity contribution in [2.45, 2.75) is 59.4 Å². The van der Waals surface area contributed by atoms with Crippen molar-refractivity contribution in [3.05, 3.63) is 34.4 Å². The Balaban J connectivity index is 0.00000264. The zero-order chi connectivity index (χ0) is 16.5. The maximum absolute atomic E-state index is 11.0. The van der Waals surface area contributed by atoms with Gasteiger partial charge in [-0.25, -0.2) is 0 Å². The number of aliphatic carboxylic acids is 1. The van der Waals surface area contributed by atoms with Crippen molar-refractivity contribution >= 4 is 18.4 Å². The highest BCUT2D eigenvalue weighted by molar-refractivity contribution is 5.85. The number of aryl methyl sites for hydroxylation is 2. The molecule has 0 spiro atoms. The summed E-state index contributed by atoms with van der Waals surface area (Å²) in [5.41, 5.74) is 5.67. The highest BCUT2D eigenvalue weighted by Crippen LogP contribution is 2.28. The second kappa shape index (κ2) is 7.67. The number of hydrogen-bond donors (Lipinski definition) is 1. The van der Waals surface area contributed by atoms with Gasteiger partial charge in [0.15, 0.2) is 0 Å². The van der Waals surface area contributed by atoms with Crippen molar-refractivity contribution in [3.8, 4) is 0 Å². The highest BCUT2D eigenvalue weighted by Gasteiger charge is 2.25. The van der Waals surface area contributed by atoms with E-state index in [1.165, 1.54) is 22.3 Å². The smallest absolute Gasteiger partial charge is 0.306 e. The van der Waals surface area contributed by atoms with Gasteiger partial charge in [0.25, 0.3) is 0 Å². The first-order valence-corrected chi connectivity index (χ1v) is 8.24. The molecule has 1 aromatic carbocycles. The Hall–Kier alpha value is -1.06. The second-order valence-corrected chi connectivity index (χ2v) is 7.73. The molecule has 1 aliphatic heterocycles. The molecule has 0 aromatic heterocycles. The predicted molar refractivity (Wildman–Crippen MR) is 97.5 cm³/mol. The lowest BCUT2D eigenvalue weighted by Crippen LogP contribution is -2.36.